The zero-order valence-electron chi connectivity index (χ0n) is 14.7. The molecule has 0 aliphatic heterocycles. The van der Waals surface area contributed by atoms with Crippen molar-refractivity contribution in [1.82, 2.24) is 0 Å². The summed E-state index contributed by atoms with van der Waals surface area (Å²) < 4.78 is 25.7. The van der Waals surface area contributed by atoms with E-state index in [0.29, 0.717) is 6.42 Å². The van der Waals surface area contributed by atoms with Gasteiger partial charge in [-0.2, -0.15) is 0 Å². The molecule has 1 atom stereocenters. The third kappa shape index (κ3) is 9.36. The summed E-state index contributed by atoms with van der Waals surface area (Å²) in [7, 11) is -4.84. The average Bonchev–Trinajstić information content (AvgIpc) is 2.61. The van der Waals surface area contributed by atoms with Crippen LogP contribution in [0.2, 0.25) is 0 Å². The number of aliphatic hydroxyl groups excluding tert-OH is 4. The van der Waals surface area contributed by atoms with Gasteiger partial charge in [-0.05, 0) is 6.42 Å². The van der Waals surface area contributed by atoms with Gasteiger partial charge in [0, 0.05) is 6.42 Å². The Hall–Kier alpha value is -0.620. The summed E-state index contributed by atoms with van der Waals surface area (Å²) in [6, 6.07) is 0. The van der Waals surface area contributed by atoms with Gasteiger partial charge >= 0.3 is 13.8 Å². The van der Waals surface area contributed by atoms with Crippen molar-refractivity contribution < 1.29 is 53.6 Å². The van der Waals surface area contributed by atoms with Crippen LogP contribution in [-0.2, 0) is 23.4 Å². The van der Waals surface area contributed by atoms with Crippen LogP contribution in [0.15, 0.2) is 0 Å². The van der Waals surface area contributed by atoms with Crippen molar-refractivity contribution in [3.05, 3.63) is 0 Å². The first-order valence-electron chi connectivity index (χ1n) is 7.98. The van der Waals surface area contributed by atoms with Crippen LogP contribution in [0.5, 0.6) is 0 Å². The van der Waals surface area contributed by atoms with Crippen molar-refractivity contribution >= 4 is 13.8 Å². The Morgan fingerprint density at radius 2 is 1.38 bits per heavy atom. The molecule has 156 valence electrons. The van der Waals surface area contributed by atoms with Crippen molar-refractivity contribution in [2.75, 3.05) is 52.9 Å². The van der Waals surface area contributed by atoms with Crippen LogP contribution in [0.4, 0.5) is 0 Å². The molecule has 1 unspecified atom stereocenters. The number of rotatable bonds is 15. The van der Waals surface area contributed by atoms with Crippen LogP contribution in [0, 0.1) is 10.8 Å². The van der Waals surface area contributed by atoms with Gasteiger partial charge in [-0.25, -0.2) is 4.57 Å². The summed E-state index contributed by atoms with van der Waals surface area (Å²) in [5.41, 5.74) is -2.80. The van der Waals surface area contributed by atoms with Crippen molar-refractivity contribution in [3.8, 4) is 0 Å². The number of phosphoric ester groups is 1. The highest BCUT2D eigenvalue weighted by atomic mass is 31.2. The molecule has 0 radical (unpaired) electrons. The Morgan fingerprint density at radius 1 is 0.885 bits per heavy atom. The highest BCUT2D eigenvalue weighted by Crippen LogP contribution is 2.38. The van der Waals surface area contributed by atoms with Crippen LogP contribution in [0.25, 0.3) is 0 Å². The number of phosphoric acid groups is 1. The van der Waals surface area contributed by atoms with E-state index >= 15 is 0 Å². The van der Waals surface area contributed by atoms with E-state index < -0.39 is 64.3 Å². The lowest BCUT2D eigenvalue weighted by atomic mass is 9.90. The Balaban J connectivity index is 5.03. The molecule has 0 aromatic carbocycles. The summed E-state index contributed by atoms with van der Waals surface area (Å²) in [5, 5.41) is 37.5. The molecule has 12 heteroatoms. The fourth-order valence-electron chi connectivity index (χ4n) is 1.76. The zero-order chi connectivity index (χ0) is 20.3. The van der Waals surface area contributed by atoms with Gasteiger partial charge in [-0.15, -0.1) is 0 Å². The molecule has 0 saturated heterocycles. The normalized spacial score (nSPS) is 14.9. The molecule has 11 nitrogen and oxygen atoms in total. The van der Waals surface area contributed by atoms with E-state index in [1.807, 2.05) is 0 Å². The van der Waals surface area contributed by atoms with Gasteiger partial charge in [0.25, 0.3) is 0 Å². The molecule has 0 amide bonds. The van der Waals surface area contributed by atoms with Crippen LogP contribution in [0.1, 0.15) is 19.8 Å². The number of esters is 1. The van der Waals surface area contributed by atoms with Crippen LogP contribution in [-0.4, -0.2) is 89.0 Å². The minimum absolute atomic E-state index is 0.129. The van der Waals surface area contributed by atoms with Crippen LogP contribution in [0.3, 0.4) is 0 Å². The molecule has 0 aromatic heterocycles. The smallest absolute Gasteiger partial charge is 0.465 e. The monoisotopic (exact) mass is 404 g/mol. The molecule has 6 N–H and O–H groups in total. The minimum Gasteiger partial charge on any atom is -0.465 e. The first kappa shape index (κ1) is 25.4. The van der Waals surface area contributed by atoms with E-state index in [2.05, 4.69) is 4.52 Å². The molecule has 0 aromatic rings. The van der Waals surface area contributed by atoms with E-state index in [9.17, 15) is 29.8 Å². The van der Waals surface area contributed by atoms with Crippen molar-refractivity contribution in [3.63, 3.8) is 0 Å². The third-order valence-corrected chi connectivity index (χ3v) is 4.16. The van der Waals surface area contributed by atoms with Gasteiger partial charge in [0.1, 0.15) is 6.61 Å². The predicted molar refractivity (Wildman–Crippen MR) is 87.9 cm³/mol. The quantitative estimate of drug-likeness (QED) is 0.136. The number of aliphatic hydroxyl groups is 4. The molecule has 0 aliphatic rings. The maximum Gasteiger partial charge on any atom is 0.469 e. The molecule has 0 aliphatic carbocycles. The zero-order valence-corrected chi connectivity index (χ0v) is 15.6. The molecular weight excluding hydrogens is 375 g/mol. The number of carbonyl (C=O) groups is 1. The molecule has 26 heavy (non-hydrogen) atoms. The molecule has 0 rings (SSSR count). The Kier molecular flexibility index (Phi) is 11.7. The fourth-order valence-corrected chi connectivity index (χ4v) is 2.21. The highest BCUT2D eigenvalue weighted by Gasteiger charge is 2.37. The van der Waals surface area contributed by atoms with Crippen molar-refractivity contribution in [2.45, 2.75) is 19.8 Å². The van der Waals surface area contributed by atoms with Gasteiger partial charge in [-0.1, -0.05) is 6.92 Å². The summed E-state index contributed by atoms with van der Waals surface area (Å²) in [6.07, 6.45) is 0.664. The molecule has 0 bridgehead atoms. The van der Waals surface area contributed by atoms with E-state index in [0.717, 1.165) is 0 Å². The van der Waals surface area contributed by atoms with Crippen LogP contribution < -0.4 is 0 Å². The number of hydrogen-bond donors (Lipinski definition) is 6. The lowest BCUT2D eigenvalue weighted by Crippen LogP contribution is -2.44. The van der Waals surface area contributed by atoms with Gasteiger partial charge < -0.3 is 39.7 Å². The minimum atomic E-state index is -4.84. The number of ether oxygens (including phenoxy) is 2. The van der Waals surface area contributed by atoms with Crippen molar-refractivity contribution in [2.24, 2.45) is 10.8 Å². The SMILES string of the molecule is CCCC(=O)OCC(CO)(COCC(CO)(CO)CO)COP(=O)(O)O. The summed E-state index contributed by atoms with van der Waals surface area (Å²) >= 11 is 0. The lowest BCUT2D eigenvalue weighted by molar-refractivity contribution is -0.154. The van der Waals surface area contributed by atoms with Gasteiger partial charge in [0.2, 0.25) is 0 Å². The maximum atomic E-state index is 11.5. The summed E-state index contributed by atoms with van der Waals surface area (Å²) in [6.45, 7) is -2.41. The number of carbonyl (C=O) groups excluding carboxylic acids is 1. The maximum absolute atomic E-state index is 11.5. The molecule has 0 spiro atoms. The lowest BCUT2D eigenvalue weighted by Gasteiger charge is -2.33. The second kappa shape index (κ2) is 12.0. The van der Waals surface area contributed by atoms with E-state index in [1.54, 1.807) is 6.92 Å². The van der Waals surface area contributed by atoms with E-state index in [4.69, 9.17) is 19.3 Å². The summed E-state index contributed by atoms with van der Waals surface area (Å²) in [4.78, 5) is 29.3. The van der Waals surface area contributed by atoms with Gasteiger partial charge in [0.15, 0.2) is 0 Å². The number of hydrogen-bond acceptors (Lipinski definition) is 9. The molecule has 0 fully saturated rings. The van der Waals surface area contributed by atoms with E-state index in [-0.39, 0.29) is 19.6 Å². The second-order valence-electron chi connectivity index (χ2n) is 6.30. The summed E-state index contributed by atoms with van der Waals surface area (Å²) in [5.74, 6) is -0.558. The van der Waals surface area contributed by atoms with Crippen molar-refractivity contribution in [1.29, 1.82) is 0 Å². The Bertz CT molecular complexity index is 440. The molecular formula is C14H29O11P. The first-order valence-corrected chi connectivity index (χ1v) is 9.51. The highest BCUT2D eigenvalue weighted by molar-refractivity contribution is 7.46. The van der Waals surface area contributed by atoms with Gasteiger partial charge in [-0.3, -0.25) is 9.32 Å². The molecule has 0 heterocycles. The largest absolute Gasteiger partial charge is 0.469 e. The third-order valence-electron chi connectivity index (χ3n) is 3.69. The molecule has 0 saturated carbocycles. The average molecular weight is 404 g/mol. The van der Waals surface area contributed by atoms with Crippen LogP contribution >= 0.6 is 7.82 Å². The first-order chi connectivity index (χ1) is 12.1. The van der Waals surface area contributed by atoms with Gasteiger partial charge in [0.05, 0.1) is 57.1 Å². The second-order valence-corrected chi connectivity index (χ2v) is 7.54. The standard InChI is InChI=1S/C14H29O11P/c1-2-3-12(19)24-10-14(7-18,11-25-26(20,21)22)9-23-8-13(4-15,5-16)6-17/h15-18H,2-11H2,1H3,(H2,20,21,22). The predicted octanol–water partition coefficient (Wildman–Crippen LogP) is -1.60. The Morgan fingerprint density at radius 3 is 1.81 bits per heavy atom. The van der Waals surface area contributed by atoms with E-state index in [1.165, 1.54) is 0 Å². The Labute approximate surface area is 151 Å². The fraction of sp³-hybridized carbons (Fsp3) is 0.929. The topological polar surface area (TPSA) is 183 Å².